The molecule has 41 heavy (non-hydrogen) atoms. The van der Waals surface area contributed by atoms with Gasteiger partial charge in [-0.1, -0.05) is 41.6 Å². The Labute approximate surface area is 236 Å². The van der Waals surface area contributed by atoms with Crippen LogP contribution in [0.2, 0.25) is 0 Å². The quantitative estimate of drug-likeness (QED) is 0.267. The standard InChI is InChI=1S/C31H32F3N5O2/c1-30(2,3)35-29(41)38-17-15-23-22(20-8-6-9-21(18-20)31(32,33)34)13-14-24(25(23)19-38)28(40)12-7-16-39-27-11-5-4-10-26(27)36-37-39/h4-6,8-11,13-14,18H,7,12,15-17,19H2,1-3H3,(H,35,41). The number of aryl methyl sites for hydroxylation is 1. The molecule has 10 heteroatoms. The van der Waals surface area contributed by atoms with Gasteiger partial charge in [-0.2, -0.15) is 13.2 Å². The molecule has 0 unspecified atom stereocenters. The minimum atomic E-state index is -4.47. The summed E-state index contributed by atoms with van der Waals surface area (Å²) in [6.07, 6.45) is -3.27. The van der Waals surface area contributed by atoms with Crippen molar-refractivity contribution >= 4 is 22.8 Å². The SMILES string of the molecule is CC(C)(C)NC(=O)N1CCc2c(-c3cccc(C(F)(F)F)c3)ccc(C(=O)CCCn3nnc4ccccc43)c2C1. The molecule has 7 nitrogen and oxygen atoms in total. The minimum absolute atomic E-state index is 0.0839. The number of urea groups is 1. The number of nitrogens with one attached hydrogen (secondary N) is 1. The first-order valence-electron chi connectivity index (χ1n) is 13.6. The number of carbonyl (C=O) groups excluding carboxylic acids is 2. The van der Waals surface area contributed by atoms with Gasteiger partial charge in [0.25, 0.3) is 0 Å². The largest absolute Gasteiger partial charge is 0.416 e. The molecule has 5 rings (SSSR count). The first-order valence-corrected chi connectivity index (χ1v) is 13.6. The maximum Gasteiger partial charge on any atom is 0.416 e. The Kier molecular flexibility index (Phi) is 7.59. The lowest BCUT2D eigenvalue weighted by Crippen LogP contribution is -2.50. The zero-order chi connectivity index (χ0) is 29.4. The molecule has 1 N–H and O–H groups in total. The van der Waals surface area contributed by atoms with Crippen LogP contribution in [-0.2, 0) is 25.7 Å². The summed E-state index contributed by atoms with van der Waals surface area (Å²) in [5.74, 6) is -0.0839. The molecule has 0 radical (unpaired) electrons. The maximum absolute atomic E-state index is 13.5. The first kappa shape index (κ1) is 28.3. The van der Waals surface area contributed by atoms with E-state index >= 15 is 0 Å². The fourth-order valence-electron chi connectivity index (χ4n) is 5.25. The summed E-state index contributed by atoms with van der Waals surface area (Å²) in [4.78, 5) is 28.2. The van der Waals surface area contributed by atoms with Crippen LogP contribution in [0, 0.1) is 0 Å². The van der Waals surface area contributed by atoms with Crippen LogP contribution in [-0.4, -0.2) is 43.8 Å². The highest BCUT2D eigenvalue weighted by Crippen LogP contribution is 2.37. The molecule has 3 aromatic carbocycles. The zero-order valence-electron chi connectivity index (χ0n) is 23.3. The number of amides is 2. The number of para-hydroxylation sites is 1. The van der Waals surface area contributed by atoms with Gasteiger partial charge in [-0.25, -0.2) is 9.48 Å². The third-order valence-corrected chi connectivity index (χ3v) is 7.18. The molecule has 1 aliphatic rings. The van der Waals surface area contributed by atoms with Gasteiger partial charge in [-0.05, 0) is 80.1 Å². The van der Waals surface area contributed by atoms with Gasteiger partial charge in [-0.15, -0.1) is 5.10 Å². The molecule has 0 fully saturated rings. The van der Waals surface area contributed by atoms with Crippen LogP contribution in [0.1, 0.15) is 60.7 Å². The van der Waals surface area contributed by atoms with Crippen molar-refractivity contribution in [3.63, 3.8) is 0 Å². The van der Waals surface area contributed by atoms with Gasteiger partial charge in [0.15, 0.2) is 5.78 Å². The van der Waals surface area contributed by atoms with Crippen LogP contribution in [0.4, 0.5) is 18.0 Å². The van der Waals surface area contributed by atoms with Crippen molar-refractivity contribution in [2.75, 3.05) is 6.54 Å². The summed E-state index contributed by atoms with van der Waals surface area (Å²) in [5.41, 5.74) is 3.56. The predicted octanol–water partition coefficient (Wildman–Crippen LogP) is 6.65. The van der Waals surface area contributed by atoms with Gasteiger partial charge in [0, 0.05) is 37.2 Å². The van der Waals surface area contributed by atoms with Crippen molar-refractivity contribution in [2.24, 2.45) is 0 Å². The van der Waals surface area contributed by atoms with E-state index < -0.39 is 17.3 Å². The molecule has 0 atom stereocenters. The molecule has 0 bridgehead atoms. The van der Waals surface area contributed by atoms with E-state index in [1.54, 1.807) is 27.8 Å². The molecule has 0 saturated carbocycles. The molecule has 1 aromatic heterocycles. The van der Waals surface area contributed by atoms with Gasteiger partial charge >= 0.3 is 12.2 Å². The number of alkyl halides is 3. The molecular weight excluding hydrogens is 531 g/mol. The van der Waals surface area contributed by atoms with E-state index in [0.29, 0.717) is 48.2 Å². The second kappa shape index (κ2) is 11.0. The maximum atomic E-state index is 13.5. The number of carbonyl (C=O) groups is 2. The van der Waals surface area contributed by atoms with E-state index in [4.69, 9.17) is 0 Å². The van der Waals surface area contributed by atoms with Gasteiger partial charge in [-0.3, -0.25) is 4.79 Å². The number of hydrogen-bond donors (Lipinski definition) is 1. The second-order valence-electron chi connectivity index (χ2n) is 11.4. The lowest BCUT2D eigenvalue weighted by atomic mass is 9.85. The van der Waals surface area contributed by atoms with E-state index in [0.717, 1.165) is 28.7 Å². The summed E-state index contributed by atoms with van der Waals surface area (Å²) in [6.45, 7) is 6.76. The Hall–Kier alpha value is -4.21. The van der Waals surface area contributed by atoms with Gasteiger partial charge in [0.1, 0.15) is 5.52 Å². The van der Waals surface area contributed by atoms with Gasteiger partial charge < -0.3 is 10.2 Å². The van der Waals surface area contributed by atoms with E-state index in [1.807, 2.05) is 45.0 Å². The summed E-state index contributed by atoms with van der Waals surface area (Å²) in [7, 11) is 0. The van der Waals surface area contributed by atoms with Crippen LogP contribution >= 0.6 is 0 Å². The number of ketones is 1. The van der Waals surface area contributed by atoms with Crippen molar-refractivity contribution in [3.8, 4) is 11.1 Å². The molecule has 2 amide bonds. The number of rotatable bonds is 6. The highest BCUT2D eigenvalue weighted by molar-refractivity contribution is 5.99. The predicted molar refractivity (Wildman–Crippen MR) is 150 cm³/mol. The fourth-order valence-corrected chi connectivity index (χ4v) is 5.25. The van der Waals surface area contributed by atoms with Crippen LogP contribution < -0.4 is 5.32 Å². The van der Waals surface area contributed by atoms with Crippen LogP contribution in [0.15, 0.2) is 60.7 Å². The average Bonchev–Trinajstić information content (AvgIpc) is 3.33. The molecule has 0 saturated heterocycles. The first-order chi connectivity index (χ1) is 19.4. The topological polar surface area (TPSA) is 80.1 Å². The van der Waals surface area contributed by atoms with Crippen molar-refractivity contribution < 1.29 is 22.8 Å². The number of Topliss-reactive ketones (excluding diaryl/α,β-unsaturated/α-hetero) is 1. The summed E-state index contributed by atoms with van der Waals surface area (Å²) >= 11 is 0. The van der Waals surface area contributed by atoms with E-state index in [1.165, 1.54) is 6.07 Å². The lowest BCUT2D eigenvalue weighted by Gasteiger charge is -2.34. The molecular formula is C31H32F3N5O2. The molecule has 214 valence electrons. The smallest absolute Gasteiger partial charge is 0.333 e. The summed E-state index contributed by atoms with van der Waals surface area (Å²) < 4.78 is 42.2. The second-order valence-corrected chi connectivity index (χ2v) is 11.4. The van der Waals surface area contributed by atoms with Crippen molar-refractivity contribution in [2.45, 2.75) is 64.8 Å². The van der Waals surface area contributed by atoms with Crippen molar-refractivity contribution in [1.29, 1.82) is 0 Å². The number of fused-ring (bicyclic) bond motifs is 2. The highest BCUT2D eigenvalue weighted by Gasteiger charge is 2.32. The molecule has 0 spiro atoms. The number of hydrogen-bond acceptors (Lipinski definition) is 4. The highest BCUT2D eigenvalue weighted by atomic mass is 19.4. The molecule has 4 aromatic rings. The van der Waals surface area contributed by atoms with E-state index in [9.17, 15) is 22.8 Å². The number of aromatic nitrogens is 3. The Morgan fingerprint density at radius 3 is 2.51 bits per heavy atom. The normalized spacial score (nSPS) is 13.8. The van der Waals surface area contributed by atoms with Crippen LogP contribution in [0.3, 0.4) is 0 Å². The Morgan fingerprint density at radius 1 is 0.976 bits per heavy atom. The van der Waals surface area contributed by atoms with E-state index in [-0.39, 0.29) is 24.8 Å². The Balaban J connectivity index is 1.44. The molecule has 2 heterocycles. The zero-order valence-corrected chi connectivity index (χ0v) is 23.3. The number of nitrogens with zero attached hydrogens (tertiary/aromatic N) is 4. The van der Waals surface area contributed by atoms with Crippen molar-refractivity contribution in [3.05, 3.63) is 82.9 Å². The lowest BCUT2D eigenvalue weighted by molar-refractivity contribution is -0.137. The Bertz CT molecular complexity index is 1600. The van der Waals surface area contributed by atoms with Crippen LogP contribution in [0.5, 0.6) is 0 Å². The van der Waals surface area contributed by atoms with Crippen molar-refractivity contribution in [1.82, 2.24) is 25.2 Å². The number of halogens is 3. The third-order valence-electron chi connectivity index (χ3n) is 7.18. The van der Waals surface area contributed by atoms with Gasteiger partial charge in [0.2, 0.25) is 0 Å². The summed E-state index contributed by atoms with van der Waals surface area (Å²) in [6, 6.07) is 16.0. The van der Waals surface area contributed by atoms with Gasteiger partial charge in [0.05, 0.1) is 11.1 Å². The summed E-state index contributed by atoms with van der Waals surface area (Å²) in [5, 5.41) is 11.3. The van der Waals surface area contributed by atoms with Crippen LogP contribution in [0.25, 0.3) is 22.2 Å². The third kappa shape index (κ3) is 6.26. The molecule has 1 aliphatic heterocycles. The number of benzene rings is 3. The monoisotopic (exact) mass is 563 g/mol. The Morgan fingerprint density at radius 2 is 1.76 bits per heavy atom. The minimum Gasteiger partial charge on any atom is -0.333 e. The fraction of sp³-hybridized carbons (Fsp3) is 0.355. The average molecular weight is 564 g/mol. The van der Waals surface area contributed by atoms with E-state index in [2.05, 4.69) is 15.6 Å². The molecule has 0 aliphatic carbocycles.